The molecule has 3 heteroatoms. The average Bonchev–Trinajstić information content (AvgIpc) is 2.80. The molecule has 0 unspecified atom stereocenters. The lowest BCUT2D eigenvalue weighted by Gasteiger charge is -2.20. The fraction of sp³-hybridized carbons (Fsp3) is 0.471. The molecule has 20 heavy (non-hydrogen) atoms. The van der Waals surface area contributed by atoms with Crippen molar-refractivity contribution in [1.82, 2.24) is 0 Å². The number of ether oxygens (including phenoxy) is 1. The fourth-order valence-electron chi connectivity index (χ4n) is 2.29. The van der Waals surface area contributed by atoms with Crippen molar-refractivity contribution in [1.29, 1.82) is 0 Å². The van der Waals surface area contributed by atoms with Gasteiger partial charge in [0.15, 0.2) is 11.5 Å². The van der Waals surface area contributed by atoms with Gasteiger partial charge in [0.1, 0.15) is 11.3 Å². The standard InChI is InChI=1S/C17H22O3/c1-6-7-14(18)15-9-11-8-12(19-5)10-13(16(11)20-15)17(2,3)4/h8-10H,6-7H2,1-5H3. The Labute approximate surface area is 119 Å². The molecule has 0 fully saturated rings. The molecule has 0 aliphatic carbocycles. The highest BCUT2D eigenvalue weighted by molar-refractivity contribution is 5.98. The number of rotatable bonds is 4. The lowest BCUT2D eigenvalue weighted by Crippen LogP contribution is -2.11. The molecule has 0 atom stereocenters. The van der Waals surface area contributed by atoms with Gasteiger partial charge >= 0.3 is 0 Å². The Morgan fingerprint density at radius 2 is 1.95 bits per heavy atom. The van der Waals surface area contributed by atoms with E-state index in [2.05, 4.69) is 20.8 Å². The number of fused-ring (bicyclic) bond motifs is 1. The van der Waals surface area contributed by atoms with Crippen LogP contribution >= 0.6 is 0 Å². The Kier molecular flexibility index (Phi) is 3.89. The summed E-state index contributed by atoms with van der Waals surface area (Å²) < 4.78 is 11.2. The number of hydrogen-bond acceptors (Lipinski definition) is 3. The van der Waals surface area contributed by atoms with Crippen LogP contribution in [0, 0.1) is 0 Å². The molecule has 0 bridgehead atoms. The minimum atomic E-state index is -0.0737. The summed E-state index contributed by atoms with van der Waals surface area (Å²) in [4.78, 5) is 12.0. The molecule has 1 aromatic heterocycles. The second-order valence-corrected chi connectivity index (χ2v) is 6.13. The summed E-state index contributed by atoms with van der Waals surface area (Å²) in [6.45, 7) is 8.36. The number of ketones is 1. The van der Waals surface area contributed by atoms with Gasteiger partial charge in [0, 0.05) is 17.4 Å². The molecule has 0 saturated heterocycles. The maximum Gasteiger partial charge on any atom is 0.198 e. The number of methoxy groups -OCH3 is 1. The van der Waals surface area contributed by atoms with Crippen molar-refractivity contribution in [3.63, 3.8) is 0 Å². The van der Waals surface area contributed by atoms with E-state index in [1.807, 2.05) is 25.1 Å². The van der Waals surface area contributed by atoms with Crippen LogP contribution in [0.4, 0.5) is 0 Å². The molecule has 2 aromatic rings. The van der Waals surface area contributed by atoms with Gasteiger partial charge in [0.05, 0.1) is 7.11 Å². The second-order valence-electron chi connectivity index (χ2n) is 6.13. The summed E-state index contributed by atoms with van der Waals surface area (Å²) >= 11 is 0. The zero-order chi connectivity index (χ0) is 14.9. The van der Waals surface area contributed by atoms with Crippen molar-refractivity contribution in [3.05, 3.63) is 29.5 Å². The van der Waals surface area contributed by atoms with Crippen molar-refractivity contribution in [2.45, 2.75) is 46.0 Å². The summed E-state index contributed by atoms with van der Waals surface area (Å²) in [5.41, 5.74) is 1.77. The molecule has 0 saturated carbocycles. The third-order valence-electron chi connectivity index (χ3n) is 3.39. The predicted octanol–water partition coefficient (Wildman–Crippen LogP) is 4.72. The van der Waals surface area contributed by atoms with Gasteiger partial charge in [-0.05, 0) is 30.0 Å². The van der Waals surface area contributed by atoms with Crippen LogP contribution in [0.3, 0.4) is 0 Å². The van der Waals surface area contributed by atoms with Crippen LogP contribution in [0.25, 0.3) is 11.0 Å². The molecule has 0 radical (unpaired) electrons. The van der Waals surface area contributed by atoms with Crippen LogP contribution < -0.4 is 4.74 Å². The van der Waals surface area contributed by atoms with E-state index in [1.165, 1.54) is 0 Å². The lowest BCUT2D eigenvalue weighted by atomic mass is 9.86. The minimum absolute atomic E-state index is 0.0579. The number of carbonyl (C=O) groups is 1. The monoisotopic (exact) mass is 274 g/mol. The summed E-state index contributed by atoms with van der Waals surface area (Å²) in [5, 5.41) is 0.925. The Bertz CT molecular complexity index is 629. The predicted molar refractivity (Wildman–Crippen MR) is 80.7 cm³/mol. The van der Waals surface area contributed by atoms with Crippen LogP contribution in [0.5, 0.6) is 5.75 Å². The number of furan rings is 1. The Balaban J connectivity index is 2.63. The summed E-state index contributed by atoms with van der Waals surface area (Å²) in [6.07, 6.45) is 1.34. The van der Waals surface area contributed by atoms with Gasteiger partial charge in [-0.25, -0.2) is 0 Å². The van der Waals surface area contributed by atoms with E-state index in [-0.39, 0.29) is 11.2 Å². The van der Waals surface area contributed by atoms with Crippen LogP contribution in [0.1, 0.15) is 56.7 Å². The Morgan fingerprint density at radius 1 is 1.25 bits per heavy atom. The molecule has 0 aliphatic heterocycles. The first kappa shape index (κ1) is 14.6. The lowest BCUT2D eigenvalue weighted by molar-refractivity contribution is 0.0957. The van der Waals surface area contributed by atoms with Crippen molar-refractivity contribution >= 4 is 16.8 Å². The van der Waals surface area contributed by atoms with E-state index in [9.17, 15) is 4.79 Å². The highest BCUT2D eigenvalue weighted by Crippen LogP contribution is 2.35. The van der Waals surface area contributed by atoms with Crippen molar-refractivity contribution < 1.29 is 13.9 Å². The second kappa shape index (κ2) is 5.31. The molecule has 0 aliphatic rings. The highest BCUT2D eigenvalue weighted by atomic mass is 16.5. The number of benzene rings is 1. The van der Waals surface area contributed by atoms with Crippen LogP contribution in [0.15, 0.2) is 22.6 Å². The molecular formula is C17H22O3. The SMILES string of the molecule is CCCC(=O)c1cc2cc(OC)cc(C(C)(C)C)c2o1. The van der Waals surface area contributed by atoms with Crippen molar-refractivity contribution in [3.8, 4) is 5.75 Å². The smallest absolute Gasteiger partial charge is 0.198 e. The van der Waals surface area contributed by atoms with Crippen LogP contribution in [-0.2, 0) is 5.41 Å². The van der Waals surface area contributed by atoms with E-state index in [4.69, 9.17) is 9.15 Å². The Morgan fingerprint density at radius 3 is 2.50 bits per heavy atom. The van der Waals surface area contributed by atoms with E-state index >= 15 is 0 Å². The third kappa shape index (κ3) is 2.72. The quantitative estimate of drug-likeness (QED) is 0.757. The molecule has 0 spiro atoms. The van der Waals surface area contributed by atoms with Crippen molar-refractivity contribution in [2.24, 2.45) is 0 Å². The summed E-state index contributed by atoms with van der Waals surface area (Å²) in [6, 6.07) is 5.72. The van der Waals surface area contributed by atoms with Crippen LogP contribution in [0.2, 0.25) is 0 Å². The zero-order valence-electron chi connectivity index (χ0n) is 12.9. The summed E-state index contributed by atoms with van der Waals surface area (Å²) in [7, 11) is 1.65. The molecule has 1 heterocycles. The van der Waals surface area contributed by atoms with Crippen molar-refractivity contribution in [2.75, 3.05) is 7.11 Å². The largest absolute Gasteiger partial charge is 0.497 e. The molecule has 1 aromatic carbocycles. The maximum atomic E-state index is 12.0. The van der Waals surface area contributed by atoms with Gasteiger partial charge in [0.25, 0.3) is 0 Å². The van der Waals surface area contributed by atoms with E-state index in [1.54, 1.807) is 7.11 Å². The minimum Gasteiger partial charge on any atom is -0.497 e. The molecule has 0 N–H and O–H groups in total. The van der Waals surface area contributed by atoms with Crippen LogP contribution in [-0.4, -0.2) is 12.9 Å². The zero-order valence-corrected chi connectivity index (χ0v) is 12.9. The van der Waals surface area contributed by atoms with Gasteiger partial charge in [0.2, 0.25) is 0 Å². The van der Waals surface area contributed by atoms with E-state index in [0.717, 1.165) is 28.7 Å². The number of carbonyl (C=O) groups excluding carboxylic acids is 1. The number of Topliss-reactive ketones (excluding diaryl/α,β-unsaturated/α-hetero) is 1. The maximum absolute atomic E-state index is 12.0. The highest BCUT2D eigenvalue weighted by Gasteiger charge is 2.22. The van der Waals surface area contributed by atoms with E-state index in [0.29, 0.717) is 12.2 Å². The van der Waals surface area contributed by atoms with E-state index < -0.39 is 0 Å². The normalized spacial score (nSPS) is 11.8. The molecule has 0 amide bonds. The first-order valence-electron chi connectivity index (χ1n) is 7.02. The summed E-state index contributed by atoms with van der Waals surface area (Å²) in [5.74, 6) is 1.29. The average molecular weight is 274 g/mol. The van der Waals surface area contributed by atoms with Gasteiger partial charge in [-0.3, -0.25) is 4.79 Å². The van der Waals surface area contributed by atoms with Gasteiger partial charge in [-0.2, -0.15) is 0 Å². The Hall–Kier alpha value is -1.77. The third-order valence-corrected chi connectivity index (χ3v) is 3.39. The fourth-order valence-corrected chi connectivity index (χ4v) is 2.29. The molecular weight excluding hydrogens is 252 g/mol. The number of hydrogen-bond donors (Lipinski definition) is 0. The first-order chi connectivity index (χ1) is 9.36. The first-order valence-corrected chi connectivity index (χ1v) is 7.02. The topological polar surface area (TPSA) is 39.4 Å². The molecule has 108 valence electrons. The van der Waals surface area contributed by atoms with Gasteiger partial charge < -0.3 is 9.15 Å². The van der Waals surface area contributed by atoms with Gasteiger partial charge in [-0.1, -0.05) is 27.7 Å². The molecule has 3 nitrogen and oxygen atoms in total. The van der Waals surface area contributed by atoms with Gasteiger partial charge in [-0.15, -0.1) is 0 Å². The molecule has 2 rings (SSSR count).